The van der Waals surface area contributed by atoms with Gasteiger partial charge in [0.2, 0.25) is 5.91 Å². The number of carbonyl (C=O) groups excluding carboxylic acids is 2. The van der Waals surface area contributed by atoms with Crippen LogP contribution in [0, 0.1) is 5.41 Å². The minimum atomic E-state index is -1.00. The fraction of sp³-hybridized carbons (Fsp3) is 0.444. The number of carboxylic acids is 1. The van der Waals surface area contributed by atoms with Gasteiger partial charge in [0.1, 0.15) is 12.6 Å². The number of carbonyl (C=O) groups is 3. The molecule has 2 aromatic carbocycles. The van der Waals surface area contributed by atoms with Gasteiger partial charge in [-0.3, -0.25) is 4.79 Å². The van der Waals surface area contributed by atoms with Crippen LogP contribution >= 0.6 is 0 Å². The van der Waals surface area contributed by atoms with Gasteiger partial charge >= 0.3 is 12.1 Å². The van der Waals surface area contributed by atoms with Gasteiger partial charge in [-0.1, -0.05) is 48.5 Å². The van der Waals surface area contributed by atoms with Crippen molar-refractivity contribution < 1.29 is 29.0 Å². The average molecular weight is 477 g/mol. The molecule has 2 amide bonds. The zero-order valence-electron chi connectivity index (χ0n) is 19.3. The van der Waals surface area contributed by atoms with Crippen molar-refractivity contribution in [1.82, 2.24) is 10.2 Å². The van der Waals surface area contributed by atoms with E-state index in [1.54, 1.807) is 0 Å². The lowest BCUT2D eigenvalue weighted by molar-refractivity contribution is -0.152. The molecule has 1 saturated carbocycles. The molecule has 0 radical (unpaired) electrons. The predicted molar refractivity (Wildman–Crippen MR) is 126 cm³/mol. The predicted octanol–water partition coefficient (Wildman–Crippen LogP) is 3.15. The molecule has 2 N–H and O–H groups in total. The third-order valence-corrected chi connectivity index (χ3v) is 8.06. The quantitative estimate of drug-likeness (QED) is 0.664. The molecule has 1 unspecified atom stereocenters. The van der Waals surface area contributed by atoms with Gasteiger partial charge in [0.15, 0.2) is 0 Å². The van der Waals surface area contributed by atoms with Gasteiger partial charge < -0.3 is 24.8 Å². The summed E-state index contributed by atoms with van der Waals surface area (Å²) >= 11 is 0. The lowest BCUT2D eigenvalue weighted by Gasteiger charge is -2.31. The Labute approximate surface area is 203 Å². The monoisotopic (exact) mass is 476 g/mol. The van der Waals surface area contributed by atoms with Crippen molar-refractivity contribution in [2.24, 2.45) is 5.41 Å². The SMILES string of the molecule is O=C(NCC1(C(=O)N2C(C(=O)O)C[C@@H]3OCC[C@@H]32)CC1)OCC1c2ccccc2-c2ccccc21. The maximum Gasteiger partial charge on any atom is 0.407 e. The highest BCUT2D eigenvalue weighted by Gasteiger charge is 2.58. The van der Waals surface area contributed by atoms with Crippen LogP contribution in [0.3, 0.4) is 0 Å². The van der Waals surface area contributed by atoms with Crippen molar-refractivity contribution in [3.8, 4) is 11.1 Å². The number of amides is 2. The van der Waals surface area contributed by atoms with Crippen molar-refractivity contribution in [1.29, 1.82) is 0 Å². The molecular weight excluding hydrogens is 448 g/mol. The van der Waals surface area contributed by atoms with Gasteiger partial charge in [0.05, 0.1) is 17.6 Å². The van der Waals surface area contributed by atoms with Gasteiger partial charge in [-0.2, -0.15) is 0 Å². The Balaban J connectivity index is 1.09. The van der Waals surface area contributed by atoms with Crippen LogP contribution < -0.4 is 5.32 Å². The molecule has 0 aromatic heterocycles. The third kappa shape index (κ3) is 3.67. The molecule has 6 rings (SSSR count). The summed E-state index contributed by atoms with van der Waals surface area (Å²) in [6.45, 7) is 0.884. The highest BCUT2D eigenvalue weighted by molar-refractivity contribution is 5.91. The number of aliphatic carboxylic acids is 1. The summed E-state index contributed by atoms with van der Waals surface area (Å²) in [4.78, 5) is 39.4. The van der Waals surface area contributed by atoms with Crippen LogP contribution in [0.4, 0.5) is 4.79 Å². The molecule has 182 valence electrons. The van der Waals surface area contributed by atoms with E-state index in [9.17, 15) is 19.5 Å². The molecule has 2 aliphatic carbocycles. The normalized spacial score (nSPS) is 25.5. The van der Waals surface area contributed by atoms with Crippen LogP contribution in [0.2, 0.25) is 0 Å². The van der Waals surface area contributed by atoms with Crippen molar-refractivity contribution in [2.75, 3.05) is 19.8 Å². The molecule has 0 spiro atoms. The van der Waals surface area contributed by atoms with E-state index in [1.807, 2.05) is 24.3 Å². The average Bonchev–Trinajstić information content (AvgIpc) is 3.21. The zero-order chi connectivity index (χ0) is 24.2. The molecule has 8 nitrogen and oxygen atoms in total. The summed E-state index contributed by atoms with van der Waals surface area (Å²) in [6.07, 6.45) is 1.43. The topological polar surface area (TPSA) is 105 Å². The molecule has 2 saturated heterocycles. The first-order valence-electron chi connectivity index (χ1n) is 12.2. The number of alkyl carbamates (subject to hydrolysis) is 1. The Kier molecular flexibility index (Phi) is 5.29. The largest absolute Gasteiger partial charge is 0.480 e. The van der Waals surface area contributed by atoms with Crippen LogP contribution in [0.25, 0.3) is 11.1 Å². The Hall–Kier alpha value is -3.39. The van der Waals surface area contributed by atoms with Crippen molar-refractivity contribution in [3.05, 3.63) is 59.7 Å². The molecule has 8 heteroatoms. The number of benzene rings is 2. The van der Waals surface area contributed by atoms with Crippen LogP contribution in [-0.2, 0) is 19.1 Å². The summed E-state index contributed by atoms with van der Waals surface area (Å²) in [5.74, 6) is -1.23. The molecule has 3 atom stereocenters. The fourth-order valence-corrected chi connectivity index (χ4v) is 6.04. The van der Waals surface area contributed by atoms with E-state index in [-0.39, 0.29) is 37.1 Å². The maximum atomic E-state index is 13.5. The Morgan fingerprint density at radius 2 is 1.71 bits per heavy atom. The van der Waals surface area contributed by atoms with Crippen LogP contribution in [0.5, 0.6) is 0 Å². The van der Waals surface area contributed by atoms with E-state index >= 15 is 0 Å². The van der Waals surface area contributed by atoms with E-state index in [1.165, 1.54) is 4.90 Å². The fourth-order valence-electron chi connectivity index (χ4n) is 6.04. The van der Waals surface area contributed by atoms with Crippen LogP contribution in [-0.4, -0.2) is 65.9 Å². The highest BCUT2D eigenvalue weighted by Crippen LogP contribution is 2.49. The van der Waals surface area contributed by atoms with Crippen molar-refractivity contribution in [2.45, 2.75) is 49.8 Å². The molecule has 3 fully saturated rings. The first kappa shape index (κ1) is 22.1. The van der Waals surface area contributed by atoms with Crippen LogP contribution in [0.15, 0.2) is 48.5 Å². The molecule has 2 aliphatic heterocycles. The first-order chi connectivity index (χ1) is 17.0. The molecule has 0 bridgehead atoms. The molecule has 2 heterocycles. The Bertz CT molecular complexity index is 1150. The summed E-state index contributed by atoms with van der Waals surface area (Å²) in [5.41, 5.74) is 3.84. The summed E-state index contributed by atoms with van der Waals surface area (Å²) in [7, 11) is 0. The Morgan fingerprint density at radius 1 is 1.06 bits per heavy atom. The van der Waals surface area contributed by atoms with Crippen molar-refractivity contribution in [3.63, 3.8) is 0 Å². The smallest absolute Gasteiger partial charge is 0.407 e. The lowest BCUT2D eigenvalue weighted by atomic mass is 9.98. The number of rotatable bonds is 6. The van der Waals surface area contributed by atoms with Gasteiger partial charge in [-0.15, -0.1) is 0 Å². The van der Waals surface area contributed by atoms with E-state index in [0.29, 0.717) is 32.3 Å². The number of hydrogen-bond donors (Lipinski definition) is 2. The summed E-state index contributed by atoms with van der Waals surface area (Å²) in [6, 6.07) is 15.2. The van der Waals surface area contributed by atoms with Crippen LogP contribution in [0.1, 0.15) is 42.7 Å². The number of ether oxygens (including phenoxy) is 2. The van der Waals surface area contributed by atoms with E-state index < -0.39 is 23.5 Å². The Morgan fingerprint density at radius 3 is 2.34 bits per heavy atom. The molecule has 2 aromatic rings. The van der Waals surface area contributed by atoms with Gasteiger partial charge in [0, 0.05) is 25.5 Å². The summed E-state index contributed by atoms with van der Waals surface area (Å²) < 4.78 is 11.3. The maximum absolute atomic E-state index is 13.5. The van der Waals surface area contributed by atoms with E-state index in [2.05, 4.69) is 29.6 Å². The van der Waals surface area contributed by atoms with Gasteiger partial charge in [-0.05, 0) is 41.5 Å². The highest BCUT2D eigenvalue weighted by atomic mass is 16.5. The minimum absolute atomic E-state index is 0.0371. The lowest BCUT2D eigenvalue weighted by Crippen LogP contribution is -2.51. The first-order valence-corrected chi connectivity index (χ1v) is 12.2. The number of fused-ring (bicyclic) bond motifs is 4. The minimum Gasteiger partial charge on any atom is -0.480 e. The van der Waals surface area contributed by atoms with Crippen molar-refractivity contribution >= 4 is 18.0 Å². The zero-order valence-corrected chi connectivity index (χ0v) is 19.3. The number of nitrogens with one attached hydrogen (secondary N) is 1. The second-order valence-electron chi connectivity index (χ2n) is 10.0. The number of carboxylic acid groups (broad SMARTS) is 1. The number of likely N-dealkylation sites (tertiary alicyclic amines) is 1. The molecule has 35 heavy (non-hydrogen) atoms. The standard InChI is InChI=1S/C27H28N2O6/c30-24(31)22-13-23-21(9-12-34-23)29(22)25(32)27(10-11-27)15-28-26(33)35-14-20-18-7-3-1-5-16(18)17-6-2-4-8-19(17)20/h1-8,20-23H,9-15H2,(H,28,33)(H,30,31)/t21-,22?,23-/m0/s1. The number of hydrogen-bond acceptors (Lipinski definition) is 5. The second-order valence-corrected chi connectivity index (χ2v) is 10.0. The number of nitrogens with zero attached hydrogens (tertiary/aromatic N) is 1. The van der Waals surface area contributed by atoms with Gasteiger partial charge in [0.25, 0.3) is 0 Å². The molecule has 4 aliphatic rings. The van der Waals surface area contributed by atoms with E-state index in [0.717, 1.165) is 22.3 Å². The van der Waals surface area contributed by atoms with E-state index in [4.69, 9.17) is 9.47 Å². The summed E-state index contributed by atoms with van der Waals surface area (Å²) in [5, 5.41) is 12.4. The molecular formula is C27H28N2O6. The second kappa shape index (κ2) is 8.37. The van der Waals surface area contributed by atoms with Gasteiger partial charge in [-0.25, -0.2) is 9.59 Å². The third-order valence-electron chi connectivity index (χ3n) is 8.06.